The molecule has 0 nitrogen and oxygen atoms in total. The van der Waals surface area contributed by atoms with Gasteiger partial charge < -0.3 is 0 Å². The third-order valence-corrected chi connectivity index (χ3v) is 8.25. The van der Waals surface area contributed by atoms with Crippen molar-refractivity contribution >= 4 is 12.2 Å². The normalized spacial score (nSPS) is 19.7. The summed E-state index contributed by atoms with van der Waals surface area (Å²) in [6, 6.07) is 7.44. The molecular formula is C32H42. The molecule has 0 heterocycles. The minimum absolute atomic E-state index is 0. The van der Waals surface area contributed by atoms with E-state index >= 15 is 0 Å². The first-order valence-corrected chi connectivity index (χ1v) is 12.8. The molecule has 0 saturated heterocycles. The average molecular weight is 427 g/mol. The Kier molecular flexibility index (Phi) is 6.80. The summed E-state index contributed by atoms with van der Waals surface area (Å²) in [6.07, 6.45) is 24.0. The van der Waals surface area contributed by atoms with Crippen molar-refractivity contribution in [2.45, 2.75) is 104 Å². The van der Waals surface area contributed by atoms with E-state index in [0.717, 1.165) is 6.42 Å². The molecule has 0 fully saturated rings. The monoisotopic (exact) mass is 426 g/mol. The number of aryl methyl sites for hydroxylation is 2. The Morgan fingerprint density at radius 2 is 1.62 bits per heavy atom. The first kappa shape index (κ1) is 23.1. The SMILES string of the molecule is C.CCCCCCCCC12CCCc3c(C)ccc(c31)-c1c2cc(C)c2c1C=CCC=C2. The highest BCUT2D eigenvalue weighted by Gasteiger charge is 2.47. The van der Waals surface area contributed by atoms with Crippen molar-refractivity contribution in [1.29, 1.82) is 0 Å². The lowest BCUT2D eigenvalue weighted by molar-refractivity contribution is 0.387. The Morgan fingerprint density at radius 1 is 0.875 bits per heavy atom. The third kappa shape index (κ3) is 3.60. The highest BCUT2D eigenvalue weighted by atomic mass is 14.5. The van der Waals surface area contributed by atoms with Gasteiger partial charge in [0.25, 0.3) is 0 Å². The van der Waals surface area contributed by atoms with Gasteiger partial charge in [0.1, 0.15) is 0 Å². The maximum atomic E-state index is 2.58. The molecule has 0 radical (unpaired) electrons. The van der Waals surface area contributed by atoms with Gasteiger partial charge >= 0.3 is 0 Å². The van der Waals surface area contributed by atoms with Gasteiger partial charge in [0.05, 0.1) is 0 Å². The maximum absolute atomic E-state index is 2.58. The van der Waals surface area contributed by atoms with Crippen molar-refractivity contribution in [3.63, 3.8) is 0 Å². The van der Waals surface area contributed by atoms with Crippen LogP contribution >= 0.6 is 0 Å². The van der Waals surface area contributed by atoms with Crippen LogP contribution in [0.3, 0.4) is 0 Å². The first-order valence-electron chi connectivity index (χ1n) is 12.8. The van der Waals surface area contributed by atoms with Crippen LogP contribution in [0.15, 0.2) is 30.4 Å². The Hall–Kier alpha value is -2.08. The molecule has 3 aliphatic rings. The van der Waals surface area contributed by atoms with E-state index in [4.69, 9.17) is 0 Å². The van der Waals surface area contributed by atoms with Crippen molar-refractivity contribution in [3.8, 4) is 11.1 Å². The zero-order chi connectivity index (χ0) is 21.4. The minimum Gasteiger partial charge on any atom is -0.0801 e. The molecule has 0 heteroatoms. The van der Waals surface area contributed by atoms with Gasteiger partial charge in [0.15, 0.2) is 0 Å². The standard InChI is InChI=1S/C31H38.CH4/c1-4-5-6-7-8-12-19-31-20-13-16-25-22(2)17-18-27(30(25)31)29-26-15-11-9-10-14-24(26)23(3)21-28(29)31;/h10-11,14-15,17-18,21H,4-9,12-13,16,19-20H2,1-3H3;1H4. The van der Waals surface area contributed by atoms with E-state index in [0.29, 0.717) is 0 Å². The Balaban J connectivity index is 0.00000245. The van der Waals surface area contributed by atoms with Crippen molar-refractivity contribution in [3.05, 3.63) is 69.3 Å². The molecule has 2 aromatic carbocycles. The van der Waals surface area contributed by atoms with Crippen LogP contribution in [0.1, 0.15) is 118 Å². The van der Waals surface area contributed by atoms with Gasteiger partial charge in [-0.3, -0.25) is 0 Å². The molecule has 2 aromatic rings. The summed E-state index contributed by atoms with van der Waals surface area (Å²) in [5.41, 5.74) is 14.3. The van der Waals surface area contributed by atoms with Crippen LogP contribution in [0.4, 0.5) is 0 Å². The number of benzene rings is 2. The van der Waals surface area contributed by atoms with Crippen LogP contribution in [0.2, 0.25) is 0 Å². The summed E-state index contributed by atoms with van der Waals surface area (Å²) in [6.45, 7) is 6.99. The van der Waals surface area contributed by atoms with Gasteiger partial charge in [-0.1, -0.05) is 95.4 Å². The number of hydrogen-bond acceptors (Lipinski definition) is 0. The summed E-state index contributed by atoms with van der Waals surface area (Å²) < 4.78 is 0. The molecule has 0 saturated carbocycles. The molecule has 0 aliphatic heterocycles. The molecule has 1 atom stereocenters. The highest BCUT2D eigenvalue weighted by molar-refractivity contribution is 5.93. The number of fused-ring (bicyclic) bond motifs is 5. The number of unbranched alkanes of at least 4 members (excludes halogenated alkanes) is 5. The van der Waals surface area contributed by atoms with Crippen molar-refractivity contribution < 1.29 is 0 Å². The molecule has 0 amide bonds. The zero-order valence-corrected chi connectivity index (χ0v) is 19.8. The predicted octanol–water partition coefficient (Wildman–Crippen LogP) is 9.72. The van der Waals surface area contributed by atoms with E-state index in [1.54, 1.807) is 27.8 Å². The van der Waals surface area contributed by atoms with Gasteiger partial charge in [-0.25, -0.2) is 0 Å². The molecular weight excluding hydrogens is 384 g/mol. The fourth-order valence-electron chi connectivity index (χ4n) is 6.75. The highest BCUT2D eigenvalue weighted by Crippen LogP contribution is 2.59. The summed E-state index contributed by atoms with van der Waals surface area (Å²) in [4.78, 5) is 0. The van der Waals surface area contributed by atoms with Gasteiger partial charge in [-0.05, 0) is 96.0 Å². The molecule has 32 heavy (non-hydrogen) atoms. The van der Waals surface area contributed by atoms with Gasteiger partial charge in [0.2, 0.25) is 0 Å². The number of rotatable bonds is 7. The van der Waals surface area contributed by atoms with E-state index in [1.165, 1.54) is 86.5 Å². The lowest BCUT2D eigenvalue weighted by atomic mass is 9.65. The quantitative estimate of drug-likeness (QED) is 0.386. The van der Waals surface area contributed by atoms with Crippen LogP contribution in [-0.4, -0.2) is 0 Å². The molecule has 3 aliphatic carbocycles. The zero-order valence-electron chi connectivity index (χ0n) is 19.8. The largest absolute Gasteiger partial charge is 0.0801 e. The van der Waals surface area contributed by atoms with E-state index in [9.17, 15) is 0 Å². The summed E-state index contributed by atoms with van der Waals surface area (Å²) in [7, 11) is 0. The van der Waals surface area contributed by atoms with E-state index in [1.807, 2.05) is 0 Å². The Morgan fingerprint density at radius 3 is 2.44 bits per heavy atom. The Bertz CT molecular complexity index is 1050. The Labute approximate surface area is 196 Å². The van der Waals surface area contributed by atoms with Crippen LogP contribution in [0.5, 0.6) is 0 Å². The van der Waals surface area contributed by atoms with Gasteiger partial charge in [0, 0.05) is 5.41 Å². The second kappa shape index (κ2) is 9.42. The average Bonchev–Trinajstić information content (AvgIpc) is 2.91. The van der Waals surface area contributed by atoms with E-state index in [-0.39, 0.29) is 12.8 Å². The fourth-order valence-corrected chi connectivity index (χ4v) is 6.75. The van der Waals surface area contributed by atoms with E-state index < -0.39 is 0 Å². The lowest BCUT2D eigenvalue weighted by Crippen LogP contribution is -2.30. The second-order valence-electron chi connectivity index (χ2n) is 10.2. The van der Waals surface area contributed by atoms with Gasteiger partial charge in [-0.2, -0.15) is 0 Å². The molecule has 0 bridgehead atoms. The number of allylic oxidation sites excluding steroid dienone is 2. The maximum Gasteiger partial charge on any atom is 0.0218 e. The molecule has 170 valence electrons. The molecule has 0 spiro atoms. The second-order valence-corrected chi connectivity index (χ2v) is 10.2. The summed E-state index contributed by atoms with van der Waals surface area (Å²) >= 11 is 0. The third-order valence-electron chi connectivity index (χ3n) is 8.25. The molecule has 1 unspecified atom stereocenters. The number of hydrogen-bond donors (Lipinski definition) is 0. The van der Waals surface area contributed by atoms with Crippen LogP contribution < -0.4 is 0 Å². The van der Waals surface area contributed by atoms with Crippen molar-refractivity contribution in [2.24, 2.45) is 0 Å². The topological polar surface area (TPSA) is 0 Å². The molecule has 0 aromatic heterocycles. The van der Waals surface area contributed by atoms with E-state index in [2.05, 4.69) is 63.3 Å². The van der Waals surface area contributed by atoms with Crippen LogP contribution in [0.25, 0.3) is 23.3 Å². The predicted molar refractivity (Wildman–Crippen MR) is 142 cm³/mol. The van der Waals surface area contributed by atoms with Crippen molar-refractivity contribution in [2.75, 3.05) is 0 Å². The minimum atomic E-state index is 0. The molecule has 0 N–H and O–H groups in total. The summed E-state index contributed by atoms with van der Waals surface area (Å²) in [5.74, 6) is 0. The first-order chi connectivity index (χ1) is 15.2. The van der Waals surface area contributed by atoms with Crippen molar-refractivity contribution in [1.82, 2.24) is 0 Å². The van der Waals surface area contributed by atoms with Crippen LogP contribution in [0, 0.1) is 13.8 Å². The van der Waals surface area contributed by atoms with Gasteiger partial charge in [-0.15, -0.1) is 0 Å². The van der Waals surface area contributed by atoms with Crippen LogP contribution in [-0.2, 0) is 11.8 Å². The lowest BCUT2D eigenvalue weighted by Gasteiger charge is -2.38. The molecule has 5 rings (SSSR count). The fraction of sp³-hybridized carbons (Fsp3) is 0.500. The smallest absolute Gasteiger partial charge is 0.0218 e. The summed E-state index contributed by atoms with van der Waals surface area (Å²) in [5, 5.41) is 0.